The average Bonchev–Trinajstić information content (AvgIpc) is 2.31. The molecule has 0 radical (unpaired) electrons. The molecule has 0 saturated carbocycles. The van der Waals surface area contributed by atoms with Crippen LogP contribution in [0.15, 0.2) is 24.3 Å². The second-order valence-corrected chi connectivity index (χ2v) is 5.90. The summed E-state index contributed by atoms with van der Waals surface area (Å²) in [6.45, 7) is 7.98. The van der Waals surface area contributed by atoms with Crippen LogP contribution in [-0.2, 0) is 0 Å². The van der Waals surface area contributed by atoms with Gasteiger partial charge in [0.05, 0.1) is 6.61 Å². The fourth-order valence-corrected chi connectivity index (χ4v) is 2.87. The summed E-state index contributed by atoms with van der Waals surface area (Å²) in [6, 6.07) is 8.77. The van der Waals surface area contributed by atoms with E-state index in [2.05, 4.69) is 45.0 Å². The summed E-state index contributed by atoms with van der Waals surface area (Å²) in [7, 11) is 4.25. The highest BCUT2D eigenvalue weighted by molar-refractivity contribution is 5.30. The Balaban J connectivity index is 2.99. The molecular weight excluding hydrogens is 236 g/mol. The minimum Gasteiger partial charge on any atom is -0.494 e. The van der Waals surface area contributed by atoms with Crippen molar-refractivity contribution in [2.75, 3.05) is 27.2 Å². The lowest BCUT2D eigenvalue weighted by Crippen LogP contribution is -2.35. The standard InChI is InChI=1S/C16H28N2O/c1-6-19-14-9-7-13(8-10-14)15(18(4)5)16(2,3)11-12-17/h7-10,15H,6,11-12,17H2,1-5H3. The SMILES string of the molecule is CCOc1ccc(C(N(C)C)C(C)(C)CCN)cc1. The number of hydrogen-bond donors (Lipinski definition) is 1. The number of rotatable bonds is 7. The van der Waals surface area contributed by atoms with Gasteiger partial charge in [-0.1, -0.05) is 26.0 Å². The lowest BCUT2D eigenvalue weighted by Gasteiger charge is -2.39. The van der Waals surface area contributed by atoms with Gasteiger partial charge in [-0.2, -0.15) is 0 Å². The summed E-state index contributed by atoms with van der Waals surface area (Å²) in [4.78, 5) is 2.27. The van der Waals surface area contributed by atoms with Crippen LogP contribution in [0.3, 0.4) is 0 Å². The Bertz CT molecular complexity index is 371. The molecule has 3 nitrogen and oxygen atoms in total. The molecule has 0 aromatic heterocycles. The van der Waals surface area contributed by atoms with Crippen molar-refractivity contribution in [3.8, 4) is 5.75 Å². The maximum atomic E-state index is 5.76. The van der Waals surface area contributed by atoms with Crippen LogP contribution in [0.2, 0.25) is 0 Å². The monoisotopic (exact) mass is 264 g/mol. The van der Waals surface area contributed by atoms with E-state index in [1.54, 1.807) is 0 Å². The zero-order valence-corrected chi connectivity index (χ0v) is 12.9. The quantitative estimate of drug-likeness (QED) is 0.822. The van der Waals surface area contributed by atoms with Crippen molar-refractivity contribution < 1.29 is 4.74 Å². The minimum atomic E-state index is 0.144. The number of hydrogen-bond acceptors (Lipinski definition) is 3. The molecule has 3 heteroatoms. The molecule has 0 heterocycles. The second kappa shape index (κ2) is 6.92. The molecule has 0 amide bonds. The van der Waals surface area contributed by atoms with Gasteiger partial charge in [0.2, 0.25) is 0 Å². The van der Waals surface area contributed by atoms with Crippen LogP contribution >= 0.6 is 0 Å². The average molecular weight is 264 g/mol. The molecule has 0 fully saturated rings. The first-order valence-electron chi connectivity index (χ1n) is 7.01. The van der Waals surface area contributed by atoms with E-state index in [1.807, 2.05) is 19.1 Å². The fourth-order valence-electron chi connectivity index (χ4n) is 2.87. The van der Waals surface area contributed by atoms with E-state index in [4.69, 9.17) is 10.5 Å². The Labute approximate surface area is 117 Å². The van der Waals surface area contributed by atoms with Crippen LogP contribution in [0.1, 0.15) is 38.8 Å². The van der Waals surface area contributed by atoms with Crippen LogP contribution in [0.4, 0.5) is 0 Å². The van der Waals surface area contributed by atoms with Crippen molar-refractivity contribution in [2.45, 2.75) is 33.2 Å². The zero-order chi connectivity index (χ0) is 14.5. The van der Waals surface area contributed by atoms with Crippen LogP contribution in [0, 0.1) is 5.41 Å². The molecule has 0 aliphatic carbocycles. The summed E-state index contributed by atoms with van der Waals surface area (Å²) in [5.41, 5.74) is 7.21. The predicted octanol–water partition coefficient (Wildman–Crippen LogP) is 3.06. The number of benzene rings is 1. The highest BCUT2D eigenvalue weighted by Crippen LogP contribution is 2.39. The largest absolute Gasteiger partial charge is 0.494 e. The van der Waals surface area contributed by atoms with Crippen molar-refractivity contribution in [3.05, 3.63) is 29.8 Å². The first kappa shape index (κ1) is 16.0. The lowest BCUT2D eigenvalue weighted by molar-refractivity contribution is 0.128. The van der Waals surface area contributed by atoms with Crippen molar-refractivity contribution in [1.29, 1.82) is 0 Å². The highest BCUT2D eigenvalue weighted by Gasteiger charge is 2.31. The van der Waals surface area contributed by atoms with Gasteiger partial charge in [-0.3, -0.25) is 0 Å². The van der Waals surface area contributed by atoms with Gasteiger partial charge in [0.15, 0.2) is 0 Å². The van der Waals surface area contributed by atoms with Crippen molar-refractivity contribution in [1.82, 2.24) is 4.90 Å². The Morgan fingerprint density at radius 2 is 1.79 bits per heavy atom. The molecule has 0 aliphatic rings. The van der Waals surface area contributed by atoms with Gasteiger partial charge in [-0.15, -0.1) is 0 Å². The number of ether oxygens (including phenoxy) is 1. The predicted molar refractivity (Wildman–Crippen MR) is 81.5 cm³/mol. The Morgan fingerprint density at radius 3 is 2.21 bits per heavy atom. The molecule has 0 bridgehead atoms. The summed E-state index contributed by atoms with van der Waals surface area (Å²) in [5.74, 6) is 0.931. The zero-order valence-electron chi connectivity index (χ0n) is 12.9. The van der Waals surface area contributed by atoms with E-state index in [1.165, 1.54) is 5.56 Å². The van der Waals surface area contributed by atoms with Gasteiger partial charge in [0.1, 0.15) is 5.75 Å². The van der Waals surface area contributed by atoms with E-state index in [-0.39, 0.29) is 5.41 Å². The molecule has 0 aliphatic heterocycles. The second-order valence-electron chi connectivity index (χ2n) is 5.90. The van der Waals surface area contributed by atoms with Gasteiger partial charge in [-0.05, 0) is 57.1 Å². The first-order valence-corrected chi connectivity index (χ1v) is 7.01. The van der Waals surface area contributed by atoms with Crippen molar-refractivity contribution in [2.24, 2.45) is 11.1 Å². The third-order valence-electron chi connectivity index (χ3n) is 3.55. The first-order chi connectivity index (χ1) is 8.92. The molecule has 0 saturated heterocycles. The van der Waals surface area contributed by atoms with Crippen LogP contribution in [0.25, 0.3) is 0 Å². The molecule has 108 valence electrons. The topological polar surface area (TPSA) is 38.5 Å². The smallest absolute Gasteiger partial charge is 0.119 e. The molecule has 0 spiro atoms. The van der Waals surface area contributed by atoms with Gasteiger partial charge < -0.3 is 15.4 Å². The van der Waals surface area contributed by atoms with Crippen molar-refractivity contribution in [3.63, 3.8) is 0 Å². The summed E-state index contributed by atoms with van der Waals surface area (Å²) in [5, 5.41) is 0. The van der Waals surface area contributed by atoms with Gasteiger partial charge in [0, 0.05) is 6.04 Å². The number of nitrogens with zero attached hydrogens (tertiary/aromatic N) is 1. The summed E-state index contributed by atoms with van der Waals surface area (Å²) < 4.78 is 5.50. The van der Waals surface area contributed by atoms with Gasteiger partial charge in [-0.25, -0.2) is 0 Å². The van der Waals surface area contributed by atoms with Crippen LogP contribution in [0.5, 0.6) is 5.75 Å². The molecule has 19 heavy (non-hydrogen) atoms. The molecule has 1 rings (SSSR count). The molecule has 1 unspecified atom stereocenters. The van der Waals surface area contributed by atoms with E-state index < -0.39 is 0 Å². The summed E-state index contributed by atoms with van der Waals surface area (Å²) >= 11 is 0. The van der Waals surface area contributed by atoms with Crippen molar-refractivity contribution >= 4 is 0 Å². The van der Waals surface area contributed by atoms with E-state index in [0.717, 1.165) is 12.2 Å². The maximum Gasteiger partial charge on any atom is 0.119 e. The van der Waals surface area contributed by atoms with Crippen LogP contribution < -0.4 is 10.5 Å². The maximum absolute atomic E-state index is 5.76. The normalized spacial score (nSPS) is 13.6. The van der Waals surface area contributed by atoms with E-state index in [0.29, 0.717) is 19.2 Å². The van der Waals surface area contributed by atoms with E-state index in [9.17, 15) is 0 Å². The Morgan fingerprint density at radius 1 is 1.21 bits per heavy atom. The van der Waals surface area contributed by atoms with E-state index >= 15 is 0 Å². The fraction of sp³-hybridized carbons (Fsp3) is 0.625. The number of nitrogens with two attached hydrogens (primary N) is 1. The Hall–Kier alpha value is -1.06. The Kier molecular flexibility index (Phi) is 5.83. The lowest BCUT2D eigenvalue weighted by atomic mass is 9.77. The molecule has 1 atom stereocenters. The third kappa shape index (κ3) is 4.22. The highest BCUT2D eigenvalue weighted by atomic mass is 16.5. The van der Waals surface area contributed by atoms with Gasteiger partial charge in [0.25, 0.3) is 0 Å². The molecular formula is C16H28N2O. The minimum absolute atomic E-state index is 0.144. The third-order valence-corrected chi connectivity index (χ3v) is 3.55. The molecule has 2 N–H and O–H groups in total. The molecule has 1 aromatic rings. The summed E-state index contributed by atoms with van der Waals surface area (Å²) in [6.07, 6.45) is 1.00. The van der Waals surface area contributed by atoms with Crippen LogP contribution in [-0.4, -0.2) is 32.1 Å². The molecule has 1 aromatic carbocycles. The van der Waals surface area contributed by atoms with Gasteiger partial charge >= 0.3 is 0 Å².